The number of likely N-dealkylation sites (N-methyl/N-ethyl adjacent to an activating group) is 1. The van der Waals surface area contributed by atoms with Gasteiger partial charge < -0.3 is 15.2 Å². The van der Waals surface area contributed by atoms with Crippen LogP contribution in [0.25, 0.3) is 0 Å². The summed E-state index contributed by atoms with van der Waals surface area (Å²) in [4.78, 5) is 37.6. The van der Waals surface area contributed by atoms with E-state index in [4.69, 9.17) is 9.26 Å². The molecule has 1 aliphatic heterocycles. The molecule has 0 aromatic carbocycles. The maximum Gasteiger partial charge on any atom is 0.441 e. The summed E-state index contributed by atoms with van der Waals surface area (Å²) < 4.78 is 11.5. The van der Waals surface area contributed by atoms with E-state index in [0.29, 0.717) is 25.3 Å². The highest BCUT2D eigenvalue weighted by molar-refractivity contribution is 5.80. The number of hydrogen-bond donors (Lipinski definition) is 2. The molecule has 28 heavy (non-hydrogen) atoms. The van der Waals surface area contributed by atoms with Crippen LogP contribution in [-0.4, -0.2) is 63.1 Å². The highest BCUT2D eigenvalue weighted by Crippen LogP contribution is 2.22. The average molecular weight is 398 g/mol. The normalized spacial score (nSPS) is 18.2. The quantitative estimate of drug-likeness (QED) is 0.706. The number of carbonyl (C=O) groups excluding carboxylic acids is 1. The van der Waals surface area contributed by atoms with Crippen molar-refractivity contribution >= 4 is 12.1 Å². The van der Waals surface area contributed by atoms with Gasteiger partial charge in [-0.2, -0.15) is 0 Å². The molecule has 2 heterocycles. The van der Waals surface area contributed by atoms with Crippen molar-refractivity contribution in [3.8, 4) is 0 Å². The van der Waals surface area contributed by atoms with Crippen LogP contribution in [0.2, 0.25) is 0 Å². The third kappa shape index (κ3) is 6.08. The zero-order valence-electron chi connectivity index (χ0n) is 16.9. The molecule has 10 heteroatoms. The van der Waals surface area contributed by atoms with E-state index in [1.54, 1.807) is 25.3 Å². The largest absolute Gasteiger partial charge is 0.480 e. The van der Waals surface area contributed by atoms with Crippen molar-refractivity contribution in [3.63, 3.8) is 0 Å². The number of ether oxygens (including phenoxy) is 1. The van der Waals surface area contributed by atoms with E-state index in [2.05, 4.69) is 10.5 Å². The van der Waals surface area contributed by atoms with Crippen molar-refractivity contribution in [2.24, 2.45) is 0 Å². The lowest BCUT2D eigenvalue weighted by molar-refractivity contribution is -0.140. The van der Waals surface area contributed by atoms with Crippen molar-refractivity contribution in [2.75, 3.05) is 19.6 Å². The van der Waals surface area contributed by atoms with Crippen molar-refractivity contribution in [1.82, 2.24) is 19.9 Å². The Balaban J connectivity index is 2.07. The monoisotopic (exact) mass is 398 g/mol. The molecule has 0 saturated heterocycles. The molecule has 10 nitrogen and oxygen atoms in total. The van der Waals surface area contributed by atoms with Gasteiger partial charge in [-0.05, 0) is 40.2 Å². The Labute approximate surface area is 163 Å². The standard InChI is InChI=1S/C18H30N4O6/c1-5-21(11-13(15(23)24)19-16(25)27-18(2,3)4)10-12-8-6-7-9-14-20-28-17(26)22(12)14/h12-13H,5-11H2,1-4H3,(H,19,25)(H,23,24)/t12?,13-/m0/s1. The van der Waals surface area contributed by atoms with Gasteiger partial charge in [0, 0.05) is 19.5 Å². The molecule has 1 aromatic rings. The van der Waals surface area contributed by atoms with Gasteiger partial charge in [0.25, 0.3) is 0 Å². The fourth-order valence-electron chi connectivity index (χ4n) is 3.30. The Morgan fingerprint density at radius 2 is 2.14 bits per heavy atom. The predicted octanol–water partition coefficient (Wildman–Crippen LogP) is 1.40. The van der Waals surface area contributed by atoms with E-state index in [-0.39, 0.29) is 12.6 Å². The van der Waals surface area contributed by atoms with Crippen molar-refractivity contribution in [2.45, 2.75) is 71.1 Å². The van der Waals surface area contributed by atoms with Gasteiger partial charge in [0.05, 0.1) is 6.04 Å². The number of aromatic nitrogens is 2. The summed E-state index contributed by atoms with van der Waals surface area (Å²) in [6, 6.07) is -1.27. The van der Waals surface area contributed by atoms with Crippen LogP contribution < -0.4 is 11.1 Å². The van der Waals surface area contributed by atoms with Crippen LogP contribution in [-0.2, 0) is 16.0 Å². The van der Waals surface area contributed by atoms with Crippen LogP contribution >= 0.6 is 0 Å². The lowest BCUT2D eigenvalue weighted by Crippen LogP contribution is -2.50. The van der Waals surface area contributed by atoms with Gasteiger partial charge in [0.2, 0.25) is 0 Å². The first-order chi connectivity index (χ1) is 13.1. The molecule has 2 N–H and O–H groups in total. The lowest BCUT2D eigenvalue weighted by Gasteiger charge is -2.29. The molecule has 0 fully saturated rings. The molecule has 1 aliphatic rings. The topological polar surface area (TPSA) is 127 Å². The molecule has 0 radical (unpaired) electrons. The number of alkyl carbamates (subject to hydrolysis) is 1. The summed E-state index contributed by atoms with van der Waals surface area (Å²) in [5, 5.41) is 15.8. The lowest BCUT2D eigenvalue weighted by atomic mass is 10.1. The number of nitrogens with zero attached hydrogens (tertiary/aromatic N) is 3. The maximum absolute atomic E-state index is 12.1. The van der Waals surface area contributed by atoms with Crippen molar-refractivity contribution in [1.29, 1.82) is 0 Å². The van der Waals surface area contributed by atoms with Crippen molar-refractivity contribution < 1.29 is 24.0 Å². The average Bonchev–Trinajstić information content (AvgIpc) is 2.82. The maximum atomic E-state index is 12.1. The Hall–Kier alpha value is -2.36. The molecule has 0 bridgehead atoms. The molecule has 1 amide bonds. The minimum absolute atomic E-state index is 0.0942. The molecule has 2 rings (SSSR count). The molecule has 1 unspecified atom stereocenters. The minimum atomic E-state index is -1.15. The molecule has 1 aromatic heterocycles. The molecule has 2 atom stereocenters. The van der Waals surface area contributed by atoms with Gasteiger partial charge >= 0.3 is 17.8 Å². The number of amides is 1. The molecule has 0 saturated carbocycles. The van der Waals surface area contributed by atoms with E-state index < -0.39 is 29.5 Å². The van der Waals surface area contributed by atoms with Gasteiger partial charge in [-0.15, -0.1) is 0 Å². The van der Waals surface area contributed by atoms with E-state index in [1.807, 2.05) is 11.8 Å². The number of rotatable bonds is 7. The zero-order chi connectivity index (χ0) is 20.9. The number of carboxylic acids is 1. The molecule has 0 spiro atoms. The number of nitrogens with one attached hydrogen (secondary N) is 1. The summed E-state index contributed by atoms with van der Waals surface area (Å²) in [7, 11) is 0. The highest BCUT2D eigenvalue weighted by atomic mass is 16.6. The third-order valence-electron chi connectivity index (χ3n) is 4.60. The van der Waals surface area contributed by atoms with Crippen LogP contribution in [0.15, 0.2) is 9.32 Å². The van der Waals surface area contributed by atoms with Gasteiger partial charge in [-0.1, -0.05) is 18.5 Å². The van der Waals surface area contributed by atoms with Crippen LogP contribution in [0.4, 0.5) is 4.79 Å². The first kappa shape index (κ1) is 21.9. The van der Waals surface area contributed by atoms with Crippen LogP contribution in [0, 0.1) is 0 Å². The zero-order valence-corrected chi connectivity index (χ0v) is 16.9. The van der Waals surface area contributed by atoms with Gasteiger partial charge in [0.15, 0.2) is 5.82 Å². The number of carboxylic acid groups (broad SMARTS) is 1. The van der Waals surface area contributed by atoms with Crippen LogP contribution in [0.3, 0.4) is 0 Å². The molecular weight excluding hydrogens is 368 g/mol. The van der Waals surface area contributed by atoms with E-state index >= 15 is 0 Å². The summed E-state index contributed by atoms with van der Waals surface area (Å²) in [5.41, 5.74) is -0.718. The van der Waals surface area contributed by atoms with Gasteiger partial charge in [-0.3, -0.25) is 14.0 Å². The van der Waals surface area contributed by atoms with Crippen molar-refractivity contribution in [3.05, 3.63) is 16.4 Å². The fourth-order valence-corrected chi connectivity index (χ4v) is 3.30. The highest BCUT2D eigenvalue weighted by Gasteiger charge is 2.29. The Bertz CT molecular complexity index is 735. The molecule has 0 aliphatic carbocycles. The second-order valence-corrected chi connectivity index (χ2v) is 8.02. The predicted molar refractivity (Wildman–Crippen MR) is 100 cm³/mol. The van der Waals surface area contributed by atoms with Gasteiger partial charge in [-0.25, -0.2) is 14.4 Å². The Morgan fingerprint density at radius 3 is 2.75 bits per heavy atom. The van der Waals surface area contributed by atoms with E-state index in [0.717, 1.165) is 19.3 Å². The first-order valence-corrected chi connectivity index (χ1v) is 9.62. The molecular formula is C18H30N4O6. The fraction of sp³-hybridized carbons (Fsp3) is 0.778. The summed E-state index contributed by atoms with van der Waals surface area (Å²) in [6.07, 6.45) is 2.56. The number of carbonyl (C=O) groups is 2. The first-order valence-electron chi connectivity index (χ1n) is 9.62. The van der Waals surface area contributed by atoms with Gasteiger partial charge in [0.1, 0.15) is 11.6 Å². The summed E-state index contributed by atoms with van der Waals surface area (Å²) in [5.74, 6) is -1.00. The number of hydrogen-bond acceptors (Lipinski definition) is 7. The molecule has 158 valence electrons. The summed E-state index contributed by atoms with van der Waals surface area (Å²) >= 11 is 0. The third-order valence-corrected chi connectivity index (χ3v) is 4.60. The Morgan fingerprint density at radius 1 is 1.43 bits per heavy atom. The second-order valence-electron chi connectivity index (χ2n) is 8.02. The smallest absolute Gasteiger partial charge is 0.441 e. The second kappa shape index (κ2) is 9.22. The SMILES string of the molecule is CCN(CC1CCCCc2noc(=O)n21)C[C@H](NC(=O)OC(C)(C)C)C(=O)O. The van der Waals surface area contributed by atoms with Crippen LogP contribution in [0.5, 0.6) is 0 Å². The number of fused-ring (bicyclic) bond motifs is 1. The summed E-state index contributed by atoms with van der Waals surface area (Å²) in [6.45, 7) is 8.15. The van der Waals surface area contributed by atoms with E-state index in [1.165, 1.54) is 0 Å². The Kier molecular flexibility index (Phi) is 7.22. The van der Waals surface area contributed by atoms with Crippen LogP contribution in [0.1, 0.15) is 58.8 Å². The number of aliphatic carboxylic acids is 1. The number of aryl methyl sites for hydroxylation is 1. The minimum Gasteiger partial charge on any atom is -0.480 e. The van der Waals surface area contributed by atoms with E-state index in [9.17, 15) is 19.5 Å².